The lowest BCUT2D eigenvalue weighted by atomic mass is 10.2. The first-order valence-corrected chi connectivity index (χ1v) is 16.0. The Bertz CT molecular complexity index is 1040. The van der Waals surface area contributed by atoms with Crippen LogP contribution in [0.4, 0.5) is 4.79 Å². The molecule has 0 aliphatic rings. The summed E-state index contributed by atoms with van der Waals surface area (Å²) in [5.74, 6) is 2.40. The molecule has 0 fully saturated rings. The molecule has 0 bridgehead atoms. The normalized spacial score (nSPS) is 12.9. The van der Waals surface area contributed by atoms with Gasteiger partial charge in [0.05, 0.1) is 0 Å². The van der Waals surface area contributed by atoms with Crippen molar-refractivity contribution in [3.63, 3.8) is 0 Å². The van der Waals surface area contributed by atoms with Crippen molar-refractivity contribution in [3.05, 3.63) is 17.0 Å². The van der Waals surface area contributed by atoms with E-state index in [0.29, 0.717) is 10.2 Å². The summed E-state index contributed by atoms with van der Waals surface area (Å²) in [6, 6.07) is 3.47. The Morgan fingerprint density at radius 3 is 2.34 bits per heavy atom. The molecule has 1 amide bonds. The number of carbonyl (C=O) groups is 1. The number of carbonyl (C=O) groups excluding carboxylic acids is 1. The number of alkyl halides is 1. The van der Waals surface area contributed by atoms with Gasteiger partial charge in [-0.3, -0.25) is 4.57 Å². The highest BCUT2D eigenvalue weighted by atomic mass is 35.5. The van der Waals surface area contributed by atoms with E-state index >= 15 is 0 Å². The number of sulfonamides is 1. The smallest absolute Gasteiger partial charge is 0.424 e. The SMILES string of the molecule is COP(=O)(CN(C(=O)OC(C)(C)C)S(=O)(=O)c1cc2sc(CSCCCCl)cc2s1)OC. The summed E-state index contributed by atoms with van der Waals surface area (Å²) in [7, 11) is -6.00. The van der Waals surface area contributed by atoms with Gasteiger partial charge in [0, 0.05) is 40.1 Å². The molecule has 0 N–H and O–H groups in total. The van der Waals surface area contributed by atoms with Crippen molar-refractivity contribution < 1.29 is 31.6 Å². The van der Waals surface area contributed by atoms with E-state index in [4.69, 9.17) is 25.4 Å². The number of nitrogens with zero attached hydrogens (tertiary/aromatic N) is 1. The molecular weight excluding hydrogens is 537 g/mol. The third-order valence-corrected chi connectivity index (χ3v) is 11.8. The standard InChI is InChI=1S/C18H27ClNO7PS4/c1-18(2,3)27-17(21)20(12-28(22,25-4)26-5)32(23,24)16-10-15-14(31-16)9-13(30-15)11-29-8-6-7-19/h9-10H,6-8,11-12H2,1-5H3. The Balaban J connectivity index is 2.35. The monoisotopic (exact) mass is 563 g/mol. The van der Waals surface area contributed by atoms with E-state index in [9.17, 15) is 17.8 Å². The average molecular weight is 564 g/mol. The molecule has 0 spiro atoms. The van der Waals surface area contributed by atoms with Gasteiger partial charge in [-0.2, -0.15) is 24.5 Å². The Morgan fingerprint density at radius 1 is 1.19 bits per heavy atom. The molecule has 0 unspecified atom stereocenters. The Kier molecular flexibility index (Phi) is 9.94. The van der Waals surface area contributed by atoms with Crippen LogP contribution in [0.1, 0.15) is 32.1 Å². The third kappa shape index (κ3) is 7.33. The fourth-order valence-electron chi connectivity index (χ4n) is 2.39. The Labute approximate surface area is 206 Å². The first-order chi connectivity index (χ1) is 14.8. The molecule has 0 aliphatic heterocycles. The molecule has 0 radical (unpaired) electrons. The highest BCUT2D eigenvalue weighted by molar-refractivity contribution is 7.98. The van der Waals surface area contributed by atoms with Crippen LogP contribution in [0.25, 0.3) is 9.40 Å². The summed E-state index contributed by atoms with van der Waals surface area (Å²) in [5.41, 5.74) is -0.958. The molecule has 2 aromatic heterocycles. The van der Waals surface area contributed by atoms with Gasteiger partial charge in [0.25, 0.3) is 10.0 Å². The molecule has 0 saturated heterocycles. The minimum absolute atomic E-state index is 0.0512. The van der Waals surface area contributed by atoms with E-state index in [1.54, 1.807) is 32.5 Å². The minimum atomic E-state index is -4.36. The van der Waals surface area contributed by atoms with E-state index in [1.165, 1.54) is 17.4 Å². The highest BCUT2D eigenvalue weighted by Gasteiger charge is 2.40. The van der Waals surface area contributed by atoms with Gasteiger partial charge in [0.2, 0.25) is 0 Å². The van der Waals surface area contributed by atoms with Gasteiger partial charge in [-0.15, -0.1) is 34.3 Å². The van der Waals surface area contributed by atoms with Gasteiger partial charge in [-0.1, -0.05) is 0 Å². The number of thioether (sulfide) groups is 1. The third-order valence-electron chi connectivity index (χ3n) is 3.90. The van der Waals surface area contributed by atoms with Crippen LogP contribution in [0, 0.1) is 0 Å². The zero-order valence-corrected chi connectivity index (χ0v) is 23.4. The molecule has 32 heavy (non-hydrogen) atoms. The van der Waals surface area contributed by atoms with Crippen LogP contribution >= 0.6 is 53.6 Å². The molecule has 0 saturated carbocycles. The van der Waals surface area contributed by atoms with E-state index in [-0.39, 0.29) is 4.21 Å². The molecule has 2 heterocycles. The fraction of sp³-hybridized carbons (Fsp3) is 0.611. The Hall–Kier alpha value is -0.330. The maximum absolute atomic E-state index is 13.4. The second-order valence-electron chi connectivity index (χ2n) is 7.55. The molecule has 2 aromatic rings. The lowest BCUT2D eigenvalue weighted by Crippen LogP contribution is -2.41. The van der Waals surface area contributed by atoms with E-state index < -0.39 is 35.6 Å². The zero-order valence-electron chi connectivity index (χ0n) is 18.5. The fourth-order valence-corrected chi connectivity index (χ4v) is 9.49. The molecule has 182 valence electrons. The lowest BCUT2D eigenvalue weighted by Gasteiger charge is -2.28. The number of ether oxygens (including phenoxy) is 1. The number of amides is 1. The van der Waals surface area contributed by atoms with Crippen molar-refractivity contribution in [2.75, 3.05) is 32.1 Å². The first-order valence-electron chi connectivity index (χ1n) is 9.47. The van der Waals surface area contributed by atoms with Crippen LogP contribution in [0.2, 0.25) is 0 Å². The molecule has 0 atom stereocenters. The second kappa shape index (κ2) is 11.4. The minimum Gasteiger partial charge on any atom is -0.443 e. The molecule has 14 heteroatoms. The van der Waals surface area contributed by atoms with Crippen LogP contribution in [0.3, 0.4) is 0 Å². The van der Waals surface area contributed by atoms with Gasteiger partial charge in [-0.25, -0.2) is 4.79 Å². The van der Waals surface area contributed by atoms with Gasteiger partial charge in [-0.05, 0) is 45.1 Å². The quantitative estimate of drug-likeness (QED) is 0.181. The van der Waals surface area contributed by atoms with Crippen LogP contribution in [0.15, 0.2) is 16.3 Å². The van der Waals surface area contributed by atoms with Crippen LogP contribution in [-0.4, -0.2) is 56.6 Å². The predicted octanol–water partition coefficient (Wildman–Crippen LogP) is 6.19. The molecule has 8 nitrogen and oxygen atoms in total. The number of hydrogen-bond acceptors (Lipinski definition) is 10. The van der Waals surface area contributed by atoms with Gasteiger partial charge < -0.3 is 13.8 Å². The van der Waals surface area contributed by atoms with E-state index in [1.807, 2.05) is 6.07 Å². The largest absolute Gasteiger partial charge is 0.443 e. The molecule has 0 aliphatic carbocycles. The summed E-state index contributed by atoms with van der Waals surface area (Å²) >= 11 is 10.0. The van der Waals surface area contributed by atoms with Crippen LogP contribution in [0.5, 0.6) is 0 Å². The van der Waals surface area contributed by atoms with Crippen molar-refractivity contribution in [1.82, 2.24) is 4.31 Å². The van der Waals surface area contributed by atoms with Gasteiger partial charge >= 0.3 is 13.7 Å². The van der Waals surface area contributed by atoms with Gasteiger partial charge in [0.1, 0.15) is 16.1 Å². The zero-order chi connectivity index (χ0) is 24.2. The summed E-state index contributed by atoms with van der Waals surface area (Å²) in [4.78, 5) is 13.9. The molecule has 0 aromatic carbocycles. The van der Waals surface area contributed by atoms with Crippen molar-refractivity contribution >= 4 is 79.1 Å². The predicted molar refractivity (Wildman–Crippen MR) is 133 cm³/mol. The van der Waals surface area contributed by atoms with Crippen LogP contribution < -0.4 is 0 Å². The highest BCUT2D eigenvalue weighted by Crippen LogP contribution is 2.48. The molecular formula is C18H27ClNO7PS4. The number of thiophene rings is 2. The van der Waals surface area contributed by atoms with E-state index in [2.05, 4.69) is 0 Å². The maximum Gasteiger partial charge on any atom is 0.424 e. The van der Waals surface area contributed by atoms with Crippen molar-refractivity contribution in [2.24, 2.45) is 0 Å². The summed E-state index contributed by atoms with van der Waals surface area (Å²) in [6.07, 6.45) is -1.02. The van der Waals surface area contributed by atoms with Crippen LogP contribution in [-0.2, 0) is 34.1 Å². The van der Waals surface area contributed by atoms with E-state index in [0.717, 1.165) is 57.8 Å². The first kappa shape index (κ1) is 27.9. The second-order valence-corrected chi connectivity index (χ2v) is 15.6. The summed E-state index contributed by atoms with van der Waals surface area (Å²) in [5, 5.41) is 0. The lowest BCUT2D eigenvalue weighted by molar-refractivity contribution is 0.0402. The average Bonchev–Trinajstić information content (AvgIpc) is 3.27. The number of fused-ring (bicyclic) bond motifs is 1. The number of halogens is 1. The maximum atomic E-state index is 13.4. The topological polar surface area (TPSA) is 99.2 Å². The van der Waals surface area contributed by atoms with Crippen molar-refractivity contribution in [3.8, 4) is 0 Å². The molecule has 2 rings (SSSR count). The number of rotatable bonds is 11. The van der Waals surface area contributed by atoms with Crippen molar-refractivity contribution in [2.45, 2.75) is 42.8 Å². The van der Waals surface area contributed by atoms with Crippen molar-refractivity contribution in [1.29, 1.82) is 0 Å². The summed E-state index contributed by atoms with van der Waals surface area (Å²) < 4.78 is 56.3. The Morgan fingerprint density at radius 2 is 1.81 bits per heavy atom. The summed E-state index contributed by atoms with van der Waals surface area (Å²) in [6.45, 7) is 4.82. The number of hydrogen-bond donors (Lipinski definition) is 0. The van der Waals surface area contributed by atoms with Gasteiger partial charge in [0.15, 0.2) is 0 Å².